The highest BCUT2D eigenvalue weighted by atomic mass is 32.1. The zero-order valence-corrected chi connectivity index (χ0v) is 15.6. The Labute approximate surface area is 161 Å². The van der Waals surface area contributed by atoms with Crippen LogP contribution < -0.4 is 10.2 Å². The van der Waals surface area contributed by atoms with Crippen molar-refractivity contribution < 1.29 is 9.53 Å². The molecule has 1 saturated heterocycles. The third-order valence-corrected chi connectivity index (χ3v) is 5.22. The van der Waals surface area contributed by atoms with Gasteiger partial charge in [-0.05, 0) is 12.1 Å². The second kappa shape index (κ2) is 8.28. The summed E-state index contributed by atoms with van der Waals surface area (Å²) >= 11 is 1.55. The largest absolute Gasteiger partial charge is 0.378 e. The summed E-state index contributed by atoms with van der Waals surface area (Å²) < 4.78 is 5.35. The van der Waals surface area contributed by atoms with E-state index in [0.29, 0.717) is 5.69 Å². The zero-order chi connectivity index (χ0) is 18.5. The van der Waals surface area contributed by atoms with Crippen LogP contribution in [-0.4, -0.2) is 42.2 Å². The number of nitrogens with one attached hydrogen (secondary N) is 1. The molecule has 3 heterocycles. The molecule has 0 aliphatic carbocycles. The van der Waals surface area contributed by atoms with Gasteiger partial charge in [0, 0.05) is 24.0 Å². The molecule has 0 atom stereocenters. The lowest BCUT2D eigenvalue weighted by Crippen LogP contribution is -2.36. The minimum absolute atomic E-state index is 0.0964. The van der Waals surface area contributed by atoms with Gasteiger partial charge in [0.15, 0.2) is 0 Å². The minimum Gasteiger partial charge on any atom is -0.378 e. The molecule has 1 fully saturated rings. The Kier molecular flexibility index (Phi) is 5.41. The van der Waals surface area contributed by atoms with Crippen molar-refractivity contribution in [2.75, 3.05) is 36.5 Å². The first kappa shape index (κ1) is 17.6. The fourth-order valence-electron chi connectivity index (χ4n) is 2.91. The Morgan fingerprint density at radius 1 is 1.15 bits per heavy atom. The van der Waals surface area contributed by atoms with Crippen LogP contribution >= 0.6 is 11.3 Å². The van der Waals surface area contributed by atoms with Crippen LogP contribution in [0.2, 0.25) is 0 Å². The first-order valence-electron chi connectivity index (χ1n) is 8.86. The molecule has 4 rings (SSSR count). The van der Waals surface area contributed by atoms with Gasteiger partial charge in [-0.25, -0.2) is 9.97 Å². The molecule has 138 valence electrons. The van der Waals surface area contributed by atoms with Crippen LogP contribution in [0.15, 0.2) is 54.0 Å². The quantitative estimate of drug-likeness (QED) is 0.736. The summed E-state index contributed by atoms with van der Waals surface area (Å²) in [6, 6.07) is 13.8. The average molecular weight is 380 g/mol. The second-order valence-electron chi connectivity index (χ2n) is 6.24. The molecule has 1 aromatic carbocycles. The van der Waals surface area contributed by atoms with Crippen molar-refractivity contribution in [1.82, 2.24) is 9.97 Å². The first-order chi connectivity index (χ1) is 13.3. The summed E-state index contributed by atoms with van der Waals surface area (Å²) in [4.78, 5) is 23.5. The normalized spacial score (nSPS) is 14.1. The fraction of sp³-hybridized carbons (Fsp3) is 0.250. The summed E-state index contributed by atoms with van der Waals surface area (Å²) in [5.74, 6) is 0.809. The average Bonchev–Trinajstić information content (AvgIpc) is 3.18. The highest BCUT2D eigenvalue weighted by molar-refractivity contribution is 7.13. The molecule has 0 bridgehead atoms. The molecule has 0 saturated carbocycles. The maximum atomic E-state index is 12.3. The molecule has 1 amide bonds. The minimum atomic E-state index is -0.0964. The number of aromatic nitrogens is 2. The Hall–Kier alpha value is -2.77. The number of hydrogen-bond donors (Lipinski definition) is 1. The van der Waals surface area contributed by atoms with Crippen LogP contribution in [0.3, 0.4) is 0 Å². The van der Waals surface area contributed by atoms with Crippen LogP contribution in [0.25, 0.3) is 10.6 Å². The van der Waals surface area contributed by atoms with Crippen molar-refractivity contribution in [1.29, 1.82) is 0 Å². The Balaban J connectivity index is 1.35. The molecular weight excluding hydrogens is 360 g/mol. The Bertz CT molecular complexity index is 890. The van der Waals surface area contributed by atoms with E-state index in [1.54, 1.807) is 17.5 Å². The van der Waals surface area contributed by atoms with E-state index in [-0.39, 0.29) is 12.3 Å². The fourth-order valence-corrected chi connectivity index (χ4v) is 3.74. The lowest BCUT2D eigenvalue weighted by Gasteiger charge is -2.27. The third-order valence-electron chi connectivity index (χ3n) is 4.28. The molecule has 27 heavy (non-hydrogen) atoms. The Morgan fingerprint density at radius 3 is 2.70 bits per heavy atom. The summed E-state index contributed by atoms with van der Waals surface area (Å²) in [5, 5.41) is 5.75. The van der Waals surface area contributed by atoms with E-state index in [1.807, 2.05) is 47.8 Å². The number of thiazole rings is 1. The zero-order valence-electron chi connectivity index (χ0n) is 14.8. The number of carbonyl (C=O) groups excluding carboxylic acids is 1. The van der Waals surface area contributed by atoms with Crippen molar-refractivity contribution in [3.63, 3.8) is 0 Å². The van der Waals surface area contributed by atoms with Gasteiger partial charge in [0.2, 0.25) is 5.91 Å². The number of rotatable bonds is 5. The molecule has 0 radical (unpaired) electrons. The number of anilines is 2. The summed E-state index contributed by atoms with van der Waals surface area (Å²) in [7, 11) is 0. The van der Waals surface area contributed by atoms with Crippen LogP contribution in [0.1, 0.15) is 5.69 Å². The van der Waals surface area contributed by atoms with Crippen molar-refractivity contribution in [2.24, 2.45) is 0 Å². The third kappa shape index (κ3) is 4.50. The van der Waals surface area contributed by atoms with Crippen molar-refractivity contribution in [3.05, 3.63) is 59.7 Å². The van der Waals surface area contributed by atoms with Crippen LogP contribution in [0.4, 0.5) is 11.5 Å². The maximum absolute atomic E-state index is 12.3. The number of nitrogens with zero attached hydrogens (tertiary/aromatic N) is 3. The molecule has 1 aliphatic rings. The number of amides is 1. The first-order valence-corrected chi connectivity index (χ1v) is 9.74. The standard InChI is InChI=1S/C20H20N4O2S/c25-19(12-17-14-27-20(23-17)15-4-2-1-3-5-15)22-16-6-7-18(21-13-16)24-8-10-26-11-9-24/h1-7,13-14H,8-12H2,(H,22,25). The number of morpholine rings is 1. The molecule has 0 unspecified atom stereocenters. The molecular formula is C20H20N4O2S. The van der Waals surface area contributed by atoms with Gasteiger partial charge >= 0.3 is 0 Å². The molecule has 2 aromatic heterocycles. The van der Waals surface area contributed by atoms with E-state index in [4.69, 9.17) is 4.74 Å². The lowest BCUT2D eigenvalue weighted by atomic mass is 10.2. The van der Waals surface area contributed by atoms with E-state index < -0.39 is 0 Å². The van der Waals surface area contributed by atoms with Crippen LogP contribution in [0, 0.1) is 0 Å². The van der Waals surface area contributed by atoms with Gasteiger partial charge in [0.25, 0.3) is 0 Å². The molecule has 1 aliphatic heterocycles. The molecule has 1 N–H and O–H groups in total. The Morgan fingerprint density at radius 2 is 1.96 bits per heavy atom. The highest BCUT2D eigenvalue weighted by Crippen LogP contribution is 2.23. The number of carbonyl (C=O) groups is 1. The number of hydrogen-bond acceptors (Lipinski definition) is 6. The van der Waals surface area contributed by atoms with Crippen molar-refractivity contribution >= 4 is 28.7 Å². The summed E-state index contributed by atoms with van der Waals surface area (Å²) in [6.07, 6.45) is 1.94. The van der Waals surface area contributed by atoms with E-state index in [2.05, 4.69) is 20.2 Å². The molecule has 0 spiro atoms. The number of ether oxygens (including phenoxy) is 1. The predicted molar refractivity (Wildman–Crippen MR) is 107 cm³/mol. The van der Waals surface area contributed by atoms with E-state index in [9.17, 15) is 4.79 Å². The highest BCUT2D eigenvalue weighted by Gasteiger charge is 2.13. The monoisotopic (exact) mass is 380 g/mol. The molecule has 7 heteroatoms. The van der Waals surface area contributed by atoms with E-state index in [0.717, 1.165) is 48.4 Å². The summed E-state index contributed by atoms with van der Waals surface area (Å²) in [5.41, 5.74) is 2.53. The lowest BCUT2D eigenvalue weighted by molar-refractivity contribution is -0.115. The molecule has 6 nitrogen and oxygen atoms in total. The van der Waals surface area contributed by atoms with Gasteiger partial charge in [-0.1, -0.05) is 30.3 Å². The van der Waals surface area contributed by atoms with E-state index in [1.165, 1.54) is 0 Å². The van der Waals surface area contributed by atoms with Gasteiger partial charge in [-0.2, -0.15) is 0 Å². The number of pyridine rings is 1. The van der Waals surface area contributed by atoms with Crippen LogP contribution in [0.5, 0.6) is 0 Å². The smallest absolute Gasteiger partial charge is 0.230 e. The van der Waals surface area contributed by atoms with Gasteiger partial charge in [-0.3, -0.25) is 4.79 Å². The van der Waals surface area contributed by atoms with E-state index >= 15 is 0 Å². The van der Waals surface area contributed by atoms with Crippen molar-refractivity contribution in [2.45, 2.75) is 6.42 Å². The van der Waals surface area contributed by atoms with Crippen LogP contribution in [-0.2, 0) is 16.0 Å². The topological polar surface area (TPSA) is 67.4 Å². The summed E-state index contributed by atoms with van der Waals surface area (Å²) in [6.45, 7) is 3.12. The van der Waals surface area contributed by atoms with Gasteiger partial charge in [0.1, 0.15) is 10.8 Å². The van der Waals surface area contributed by atoms with Gasteiger partial charge in [-0.15, -0.1) is 11.3 Å². The van der Waals surface area contributed by atoms with Crippen molar-refractivity contribution in [3.8, 4) is 10.6 Å². The second-order valence-corrected chi connectivity index (χ2v) is 7.10. The number of benzene rings is 1. The SMILES string of the molecule is O=C(Cc1csc(-c2ccccc2)n1)Nc1ccc(N2CCOCC2)nc1. The van der Waals surface area contributed by atoms with Gasteiger partial charge < -0.3 is 15.0 Å². The van der Waals surface area contributed by atoms with Gasteiger partial charge in [0.05, 0.1) is 37.2 Å². The molecule has 3 aromatic rings. The predicted octanol–water partition coefficient (Wildman–Crippen LogP) is 3.22. The maximum Gasteiger partial charge on any atom is 0.230 e.